The Labute approximate surface area is 114 Å². The van der Waals surface area contributed by atoms with E-state index in [9.17, 15) is 0 Å². The van der Waals surface area contributed by atoms with Gasteiger partial charge in [-0.25, -0.2) is 0 Å². The van der Waals surface area contributed by atoms with E-state index in [-0.39, 0.29) is 0 Å². The molecule has 1 aliphatic carbocycles. The van der Waals surface area contributed by atoms with Gasteiger partial charge in [0.1, 0.15) is 11.8 Å². The number of rotatable bonds is 5. The van der Waals surface area contributed by atoms with E-state index in [4.69, 9.17) is 10.00 Å². The van der Waals surface area contributed by atoms with Crippen LogP contribution in [0.4, 0.5) is 0 Å². The normalized spacial score (nSPS) is 18.0. The lowest BCUT2D eigenvalue weighted by atomic mass is 9.94. The third kappa shape index (κ3) is 3.84. The van der Waals surface area contributed by atoms with Gasteiger partial charge in [-0.15, -0.1) is 0 Å². The number of hydrogen-bond donors (Lipinski definition) is 1. The molecule has 1 aromatic rings. The lowest BCUT2D eigenvalue weighted by Crippen LogP contribution is -2.23. The van der Waals surface area contributed by atoms with Gasteiger partial charge in [-0.1, -0.05) is 18.2 Å². The van der Waals surface area contributed by atoms with E-state index < -0.39 is 0 Å². The summed E-state index contributed by atoms with van der Waals surface area (Å²) in [6, 6.07) is 7.86. The van der Waals surface area contributed by atoms with Gasteiger partial charge in [0, 0.05) is 6.54 Å². The minimum absolute atomic E-state index is 0.587. The summed E-state index contributed by atoms with van der Waals surface area (Å²) in [6.07, 6.45) is 8.21. The maximum absolute atomic E-state index is 8.93. The number of ether oxygens (including phenoxy) is 1. The molecule has 1 aliphatic rings. The fourth-order valence-corrected chi connectivity index (χ4v) is 2.40. The first-order chi connectivity index (χ1) is 9.33. The average Bonchev–Trinajstić information content (AvgIpc) is 2.48. The summed E-state index contributed by atoms with van der Waals surface area (Å²) >= 11 is 0. The van der Waals surface area contributed by atoms with Crippen molar-refractivity contribution in [3.8, 4) is 11.8 Å². The van der Waals surface area contributed by atoms with Crippen LogP contribution in [0.2, 0.25) is 0 Å². The number of methoxy groups -OCH3 is 1. The smallest absolute Gasteiger partial charge is 0.136 e. The van der Waals surface area contributed by atoms with E-state index >= 15 is 0 Å². The molecule has 0 radical (unpaired) electrons. The predicted molar refractivity (Wildman–Crippen MR) is 75.9 cm³/mol. The molecule has 0 saturated heterocycles. The molecule has 1 aromatic carbocycles. The molecule has 0 spiro atoms. The topological polar surface area (TPSA) is 45.0 Å². The minimum atomic E-state index is 0.587. The first-order valence-electron chi connectivity index (χ1n) is 6.76. The van der Waals surface area contributed by atoms with Gasteiger partial charge in [0.25, 0.3) is 0 Å². The molecule has 0 bridgehead atoms. The Kier molecular flexibility index (Phi) is 5.00. The van der Waals surface area contributed by atoms with Gasteiger partial charge in [0.15, 0.2) is 0 Å². The fraction of sp³-hybridized carbons (Fsp3) is 0.438. The van der Waals surface area contributed by atoms with Gasteiger partial charge in [-0.2, -0.15) is 5.26 Å². The van der Waals surface area contributed by atoms with Crippen molar-refractivity contribution in [1.82, 2.24) is 5.32 Å². The zero-order valence-corrected chi connectivity index (χ0v) is 11.4. The monoisotopic (exact) mass is 256 g/mol. The number of benzene rings is 1. The van der Waals surface area contributed by atoms with E-state index in [2.05, 4.69) is 23.5 Å². The Balaban J connectivity index is 1.86. The largest absolute Gasteiger partial charge is 0.495 e. The summed E-state index contributed by atoms with van der Waals surface area (Å²) < 4.78 is 5.21. The molecule has 2 rings (SSSR count). The van der Waals surface area contributed by atoms with Crippen LogP contribution in [0.1, 0.15) is 30.4 Å². The van der Waals surface area contributed by atoms with E-state index in [0.29, 0.717) is 11.3 Å². The third-order valence-electron chi connectivity index (χ3n) is 3.53. The molecular formula is C16H20N2O. The third-order valence-corrected chi connectivity index (χ3v) is 3.53. The lowest BCUT2D eigenvalue weighted by Gasteiger charge is -2.18. The zero-order chi connectivity index (χ0) is 13.5. The van der Waals surface area contributed by atoms with E-state index in [0.717, 1.165) is 24.6 Å². The van der Waals surface area contributed by atoms with Crippen LogP contribution in [-0.2, 0) is 6.54 Å². The predicted octanol–water partition coefficient (Wildman–Crippen LogP) is 3.01. The van der Waals surface area contributed by atoms with Gasteiger partial charge < -0.3 is 10.1 Å². The number of nitrogens with zero attached hydrogens (tertiary/aromatic N) is 1. The first kappa shape index (κ1) is 13.6. The molecule has 3 nitrogen and oxygen atoms in total. The second-order valence-corrected chi connectivity index (χ2v) is 4.93. The zero-order valence-electron chi connectivity index (χ0n) is 11.4. The number of allylic oxidation sites excluding steroid dienone is 2. The van der Waals surface area contributed by atoms with Gasteiger partial charge in [0.2, 0.25) is 0 Å². The molecule has 0 fully saturated rings. The highest BCUT2D eigenvalue weighted by Gasteiger charge is 2.09. The summed E-state index contributed by atoms with van der Waals surface area (Å²) in [4.78, 5) is 0. The van der Waals surface area contributed by atoms with Crippen molar-refractivity contribution in [3.63, 3.8) is 0 Å². The Morgan fingerprint density at radius 2 is 2.32 bits per heavy atom. The van der Waals surface area contributed by atoms with Crippen molar-refractivity contribution < 1.29 is 4.74 Å². The van der Waals surface area contributed by atoms with E-state index in [1.54, 1.807) is 7.11 Å². The summed E-state index contributed by atoms with van der Waals surface area (Å²) in [6.45, 7) is 1.87. The molecule has 3 heteroatoms. The number of hydrogen-bond acceptors (Lipinski definition) is 3. The van der Waals surface area contributed by atoms with Gasteiger partial charge >= 0.3 is 0 Å². The second kappa shape index (κ2) is 6.96. The van der Waals surface area contributed by atoms with Gasteiger partial charge in [-0.05, 0) is 49.4 Å². The molecule has 0 amide bonds. The Hall–Kier alpha value is -1.79. The summed E-state index contributed by atoms with van der Waals surface area (Å²) in [5.74, 6) is 1.41. The van der Waals surface area contributed by atoms with Crippen LogP contribution in [0.15, 0.2) is 30.4 Å². The highest BCUT2D eigenvalue weighted by atomic mass is 16.5. The Morgan fingerprint density at radius 1 is 1.42 bits per heavy atom. The molecule has 100 valence electrons. The number of nitriles is 1. The van der Waals surface area contributed by atoms with Crippen LogP contribution in [0.25, 0.3) is 0 Å². The summed E-state index contributed by atoms with van der Waals surface area (Å²) in [5, 5.41) is 12.4. The van der Waals surface area contributed by atoms with Crippen LogP contribution < -0.4 is 10.1 Å². The van der Waals surface area contributed by atoms with Crippen LogP contribution in [0.3, 0.4) is 0 Å². The molecule has 0 heterocycles. The van der Waals surface area contributed by atoms with Gasteiger partial charge in [0.05, 0.1) is 12.7 Å². The molecule has 0 saturated carbocycles. The van der Waals surface area contributed by atoms with Crippen LogP contribution in [-0.4, -0.2) is 13.7 Å². The van der Waals surface area contributed by atoms with Crippen molar-refractivity contribution in [3.05, 3.63) is 41.5 Å². The van der Waals surface area contributed by atoms with E-state index in [1.165, 1.54) is 19.3 Å². The molecular weight excluding hydrogens is 236 g/mol. The maximum atomic E-state index is 8.93. The quantitative estimate of drug-likeness (QED) is 0.824. The molecule has 0 aliphatic heterocycles. The highest BCUT2D eigenvalue weighted by Crippen LogP contribution is 2.20. The second-order valence-electron chi connectivity index (χ2n) is 4.93. The van der Waals surface area contributed by atoms with Crippen LogP contribution in [0, 0.1) is 17.2 Å². The number of nitrogens with one attached hydrogen (secondary N) is 1. The summed E-state index contributed by atoms with van der Waals surface area (Å²) in [5.41, 5.74) is 1.74. The fourth-order valence-electron chi connectivity index (χ4n) is 2.40. The van der Waals surface area contributed by atoms with Crippen molar-refractivity contribution in [2.75, 3.05) is 13.7 Å². The molecule has 0 aromatic heterocycles. The molecule has 19 heavy (non-hydrogen) atoms. The standard InChI is InChI=1S/C16H20N2O/c1-19-16-9-14(7-8-15(16)10-17)12-18-11-13-5-3-2-4-6-13/h2-3,7-9,13,18H,4-6,11-12H2,1H3. The average molecular weight is 256 g/mol. The SMILES string of the molecule is COc1cc(CNCC2CC=CCC2)ccc1C#N. The molecule has 1 N–H and O–H groups in total. The van der Waals surface area contributed by atoms with Crippen molar-refractivity contribution >= 4 is 0 Å². The van der Waals surface area contributed by atoms with Crippen molar-refractivity contribution in [2.24, 2.45) is 5.92 Å². The van der Waals surface area contributed by atoms with E-state index in [1.807, 2.05) is 18.2 Å². The van der Waals surface area contributed by atoms with Crippen LogP contribution in [0.5, 0.6) is 5.75 Å². The maximum Gasteiger partial charge on any atom is 0.136 e. The van der Waals surface area contributed by atoms with Crippen LogP contribution >= 0.6 is 0 Å². The molecule has 1 unspecified atom stereocenters. The minimum Gasteiger partial charge on any atom is -0.495 e. The van der Waals surface area contributed by atoms with Gasteiger partial charge in [-0.3, -0.25) is 0 Å². The first-order valence-corrected chi connectivity index (χ1v) is 6.76. The highest BCUT2D eigenvalue weighted by molar-refractivity contribution is 5.45. The Bertz CT molecular complexity index is 488. The summed E-state index contributed by atoms with van der Waals surface area (Å²) in [7, 11) is 1.60. The molecule has 1 atom stereocenters. The van der Waals surface area contributed by atoms with Crippen molar-refractivity contribution in [1.29, 1.82) is 5.26 Å². The lowest BCUT2D eigenvalue weighted by molar-refractivity contribution is 0.412. The van der Waals surface area contributed by atoms with Crippen molar-refractivity contribution in [2.45, 2.75) is 25.8 Å². The Morgan fingerprint density at radius 3 is 3.00 bits per heavy atom.